The van der Waals surface area contributed by atoms with Crippen LogP contribution in [0.1, 0.15) is 51.6 Å². The predicted molar refractivity (Wildman–Crippen MR) is 88.2 cm³/mol. The van der Waals surface area contributed by atoms with Gasteiger partial charge in [-0.3, -0.25) is 0 Å². The van der Waals surface area contributed by atoms with Crippen molar-refractivity contribution in [1.29, 1.82) is 0 Å². The summed E-state index contributed by atoms with van der Waals surface area (Å²) in [5, 5.41) is 3.54. The topological polar surface area (TPSA) is 21.3 Å². The minimum absolute atomic E-state index is 0.401. The summed E-state index contributed by atoms with van der Waals surface area (Å²) >= 11 is 3.72. The van der Waals surface area contributed by atoms with Crippen LogP contribution in [0.5, 0.6) is 5.75 Å². The summed E-state index contributed by atoms with van der Waals surface area (Å²) < 4.78 is 6.72. The normalized spacial score (nSPS) is 22.8. The van der Waals surface area contributed by atoms with Gasteiger partial charge in [0.15, 0.2) is 0 Å². The van der Waals surface area contributed by atoms with E-state index < -0.39 is 0 Å². The van der Waals surface area contributed by atoms with Crippen LogP contribution in [0.15, 0.2) is 22.7 Å². The summed E-state index contributed by atoms with van der Waals surface area (Å²) in [6.45, 7) is 7.52. The highest BCUT2D eigenvalue weighted by Crippen LogP contribution is 2.49. The van der Waals surface area contributed by atoms with Gasteiger partial charge in [-0.1, -0.05) is 42.3 Å². The third-order valence-corrected chi connectivity index (χ3v) is 5.36. The lowest BCUT2D eigenvalue weighted by Crippen LogP contribution is -2.32. The Morgan fingerprint density at radius 1 is 1.45 bits per heavy atom. The lowest BCUT2D eigenvalue weighted by Gasteiger charge is -2.35. The van der Waals surface area contributed by atoms with Crippen molar-refractivity contribution in [2.75, 3.05) is 13.7 Å². The summed E-state index contributed by atoms with van der Waals surface area (Å²) in [6, 6.07) is 6.77. The summed E-state index contributed by atoms with van der Waals surface area (Å²) in [5.74, 6) is 1.62. The van der Waals surface area contributed by atoms with Crippen LogP contribution >= 0.6 is 15.9 Å². The maximum Gasteiger partial charge on any atom is 0.120 e. The van der Waals surface area contributed by atoms with E-state index in [1.165, 1.54) is 24.8 Å². The molecular formula is C17H26BrNO. The van der Waals surface area contributed by atoms with Gasteiger partial charge in [0, 0.05) is 10.5 Å². The van der Waals surface area contributed by atoms with E-state index >= 15 is 0 Å². The van der Waals surface area contributed by atoms with E-state index in [0.29, 0.717) is 24.0 Å². The number of hydrogen-bond acceptors (Lipinski definition) is 2. The van der Waals surface area contributed by atoms with E-state index in [-0.39, 0.29) is 0 Å². The van der Waals surface area contributed by atoms with Crippen molar-refractivity contribution in [2.45, 2.75) is 46.1 Å². The lowest BCUT2D eigenvalue weighted by atomic mass is 9.75. The third kappa shape index (κ3) is 3.20. The van der Waals surface area contributed by atoms with Crippen molar-refractivity contribution in [2.24, 2.45) is 11.3 Å². The highest BCUT2D eigenvalue weighted by atomic mass is 79.9. The molecule has 2 rings (SSSR count). The summed E-state index contributed by atoms with van der Waals surface area (Å²) in [5.41, 5.74) is 1.75. The van der Waals surface area contributed by atoms with Crippen molar-refractivity contribution >= 4 is 15.9 Å². The molecule has 2 atom stereocenters. The molecule has 20 heavy (non-hydrogen) atoms. The first-order chi connectivity index (χ1) is 9.49. The van der Waals surface area contributed by atoms with Crippen molar-refractivity contribution < 1.29 is 4.74 Å². The van der Waals surface area contributed by atoms with Gasteiger partial charge in [0.2, 0.25) is 0 Å². The van der Waals surface area contributed by atoms with Gasteiger partial charge in [-0.25, -0.2) is 0 Å². The number of rotatable bonds is 5. The SMILES string of the molecule is CCOc1ccc(C(NC)C2CCCC2(C)C)c(Br)c1. The van der Waals surface area contributed by atoms with E-state index in [0.717, 1.165) is 10.2 Å². The highest BCUT2D eigenvalue weighted by molar-refractivity contribution is 9.10. The highest BCUT2D eigenvalue weighted by Gasteiger charge is 2.40. The molecule has 0 saturated heterocycles. The van der Waals surface area contributed by atoms with E-state index in [2.05, 4.69) is 60.3 Å². The Bertz CT molecular complexity index is 458. The number of halogens is 1. The van der Waals surface area contributed by atoms with Crippen LogP contribution in [0.4, 0.5) is 0 Å². The molecule has 1 aromatic rings. The number of ether oxygens (including phenoxy) is 1. The number of hydrogen-bond donors (Lipinski definition) is 1. The van der Waals surface area contributed by atoms with Crippen LogP contribution in [0.25, 0.3) is 0 Å². The molecule has 0 spiro atoms. The third-order valence-electron chi connectivity index (χ3n) is 4.67. The van der Waals surface area contributed by atoms with Gasteiger partial charge < -0.3 is 10.1 Å². The fourth-order valence-electron chi connectivity index (χ4n) is 3.56. The maximum atomic E-state index is 5.57. The Morgan fingerprint density at radius 2 is 2.20 bits per heavy atom. The molecule has 1 fully saturated rings. The van der Waals surface area contributed by atoms with Crippen LogP contribution in [0.3, 0.4) is 0 Å². The van der Waals surface area contributed by atoms with Gasteiger partial charge in [0.25, 0.3) is 0 Å². The van der Waals surface area contributed by atoms with Crippen LogP contribution < -0.4 is 10.1 Å². The Kier molecular flexibility index (Phi) is 5.14. The second-order valence-electron chi connectivity index (χ2n) is 6.37. The average molecular weight is 340 g/mol. The molecule has 1 saturated carbocycles. The second-order valence-corrected chi connectivity index (χ2v) is 7.22. The molecule has 2 nitrogen and oxygen atoms in total. The molecule has 2 unspecified atom stereocenters. The molecule has 0 heterocycles. The van der Waals surface area contributed by atoms with Crippen LogP contribution in [-0.2, 0) is 0 Å². The number of benzene rings is 1. The smallest absolute Gasteiger partial charge is 0.120 e. The average Bonchev–Trinajstić information content (AvgIpc) is 2.73. The zero-order valence-corrected chi connectivity index (χ0v) is 14.6. The molecule has 1 aliphatic carbocycles. The molecule has 3 heteroatoms. The zero-order valence-electron chi connectivity index (χ0n) is 13.0. The van der Waals surface area contributed by atoms with Crippen molar-refractivity contribution in [3.05, 3.63) is 28.2 Å². The van der Waals surface area contributed by atoms with Gasteiger partial charge in [-0.15, -0.1) is 0 Å². The molecule has 0 amide bonds. The molecule has 112 valence electrons. The first-order valence-electron chi connectivity index (χ1n) is 7.59. The fourth-order valence-corrected chi connectivity index (χ4v) is 4.17. The Hall–Kier alpha value is -0.540. The van der Waals surface area contributed by atoms with Gasteiger partial charge in [0.05, 0.1) is 6.61 Å². The van der Waals surface area contributed by atoms with Gasteiger partial charge >= 0.3 is 0 Å². The molecule has 1 aliphatic rings. The standard InChI is InChI=1S/C17H26BrNO/c1-5-20-12-8-9-13(15(18)11-12)16(19-4)14-7-6-10-17(14,2)3/h8-9,11,14,16,19H,5-7,10H2,1-4H3. The largest absolute Gasteiger partial charge is 0.494 e. The fraction of sp³-hybridized carbons (Fsp3) is 0.647. The first kappa shape index (κ1) is 15.8. The molecule has 0 aliphatic heterocycles. The van der Waals surface area contributed by atoms with Crippen LogP contribution in [0, 0.1) is 11.3 Å². The molecule has 0 bridgehead atoms. The van der Waals surface area contributed by atoms with Gasteiger partial charge in [0.1, 0.15) is 5.75 Å². The quantitative estimate of drug-likeness (QED) is 0.820. The molecule has 0 radical (unpaired) electrons. The van der Waals surface area contributed by atoms with Crippen molar-refractivity contribution in [3.63, 3.8) is 0 Å². The molecule has 1 aromatic carbocycles. The first-order valence-corrected chi connectivity index (χ1v) is 8.38. The summed E-state index contributed by atoms with van der Waals surface area (Å²) in [4.78, 5) is 0. The second kappa shape index (κ2) is 6.48. The molecule has 1 N–H and O–H groups in total. The predicted octanol–water partition coefficient (Wildman–Crippen LogP) is 4.93. The van der Waals surface area contributed by atoms with E-state index in [1.807, 2.05) is 6.92 Å². The number of nitrogens with one attached hydrogen (secondary N) is 1. The minimum atomic E-state index is 0.401. The monoisotopic (exact) mass is 339 g/mol. The Balaban J connectivity index is 2.28. The van der Waals surface area contributed by atoms with E-state index in [9.17, 15) is 0 Å². The van der Waals surface area contributed by atoms with E-state index in [4.69, 9.17) is 4.74 Å². The Labute approximate surface area is 131 Å². The van der Waals surface area contributed by atoms with Gasteiger partial charge in [-0.05, 0) is 55.8 Å². The van der Waals surface area contributed by atoms with Gasteiger partial charge in [-0.2, -0.15) is 0 Å². The summed E-state index contributed by atoms with van der Waals surface area (Å²) in [7, 11) is 2.07. The van der Waals surface area contributed by atoms with Crippen molar-refractivity contribution in [3.8, 4) is 5.75 Å². The Morgan fingerprint density at radius 3 is 2.70 bits per heavy atom. The van der Waals surface area contributed by atoms with E-state index in [1.54, 1.807) is 0 Å². The maximum absolute atomic E-state index is 5.57. The summed E-state index contributed by atoms with van der Waals surface area (Å²) in [6.07, 6.45) is 3.97. The van der Waals surface area contributed by atoms with Crippen LogP contribution in [-0.4, -0.2) is 13.7 Å². The van der Waals surface area contributed by atoms with Crippen molar-refractivity contribution in [1.82, 2.24) is 5.32 Å². The van der Waals surface area contributed by atoms with Crippen LogP contribution in [0.2, 0.25) is 0 Å². The molecule has 0 aromatic heterocycles. The minimum Gasteiger partial charge on any atom is -0.494 e. The zero-order chi connectivity index (χ0) is 14.8. The lowest BCUT2D eigenvalue weighted by molar-refractivity contribution is 0.203. The molecular weight excluding hydrogens is 314 g/mol.